The Hall–Kier alpha value is -4.11. The first-order valence-electron chi connectivity index (χ1n) is 11.2. The largest absolute Gasteiger partial charge is 0.394 e. The van der Waals surface area contributed by atoms with Gasteiger partial charge in [-0.15, -0.1) is 10.2 Å². The zero-order valence-corrected chi connectivity index (χ0v) is 18.7. The van der Waals surface area contributed by atoms with E-state index >= 15 is 0 Å². The summed E-state index contributed by atoms with van der Waals surface area (Å²) >= 11 is 0. The number of carbonyl (C=O) groups is 1. The Morgan fingerprint density at radius 1 is 0.914 bits per heavy atom. The summed E-state index contributed by atoms with van der Waals surface area (Å²) < 4.78 is 26.6. The van der Waals surface area contributed by atoms with Crippen LogP contribution in [0.4, 0.5) is 25.1 Å². The van der Waals surface area contributed by atoms with Gasteiger partial charge in [-0.1, -0.05) is 24.3 Å². The van der Waals surface area contributed by atoms with Gasteiger partial charge in [0.15, 0.2) is 5.82 Å². The zero-order chi connectivity index (χ0) is 24.4. The molecule has 1 aliphatic heterocycles. The fraction of sp³-hybridized carbons (Fsp3) is 0.192. The summed E-state index contributed by atoms with van der Waals surface area (Å²) in [6.45, 7) is 0.976. The van der Waals surface area contributed by atoms with Gasteiger partial charge in [0.2, 0.25) is 0 Å². The van der Waals surface area contributed by atoms with Gasteiger partial charge in [-0.2, -0.15) is 0 Å². The molecular formula is C26H23F2N5O2. The minimum atomic E-state index is -0.471. The van der Waals surface area contributed by atoms with Crippen LogP contribution >= 0.6 is 0 Å². The van der Waals surface area contributed by atoms with E-state index in [0.29, 0.717) is 36.8 Å². The topological polar surface area (TPSA) is 81.6 Å². The average Bonchev–Trinajstić information content (AvgIpc) is 2.89. The predicted octanol–water partition coefficient (Wildman–Crippen LogP) is 4.29. The van der Waals surface area contributed by atoms with Crippen molar-refractivity contribution in [2.24, 2.45) is 0 Å². The molecule has 1 aromatic heterocycles. The van der Waals surface area contributed by atoms with Gasteiger partial charge in [-0.3, -0.25) is 0 Å². The summed E-state index contributed by atoms with van der Waals surface area (Å²) in [5.41, 5.74) is 1.89. The van der Waals surface area contributed by atoms with Gasteiger partial charge in [-0.05, 0) is 48.5 Å². The average molecular weight is 475 g/mol. The van der Waals surface area contributed by atoms with Crippen LogP contribution in [0.15, 0.2) is 72.8 Å². The fourth-order valence-corrected chi connectivity index (χ4v) is 4.34. The molecular weight excluding hydrogens is 452 g/mol. The number of aliphatic hydroxyl groups is 1. The molecule has 7 nitrogen and oxygen atoms in total. The van der Waals surface area contributed by atoms with Crippen LogP contribution in [0.2, 0.25) is 0 Å². The molecule has 0 aliphatic carbocycles. The monoisotopic (exact) mass is 475 g/mol. The van der Waals surface area contributed by atoms with Crippen molar-refractivity contribution in [3.05, 3.63) is 84.4 Å². The molecule has 0 bridgehead atoms. The number of amides is 2. The second kappa shape index (κ2) is 9.63. The molecule has 0 spiro atoms. The van der Waals surface area contributed by atoms with Crippen LogP contribution in [-0.4, -0.2) is 58.5 Å². The van der Waals surface area contributed by atoms with Crippen LogP contribution in [0, 0.1) is 11.6 Å². The van der Waals surface area contributed by atoms with E-state index in [1.165, 1.54) is 36.4 Å². The lowest BCUT2D eigenvalue weighted by molar-refractivity contribution is 0.132. The molecule has 3 aromatic carbocycles. The number of carbonyl (C=O) groups excluding carboxylic acids is 1. The maximum Gasteiger partial charge on any atom is 0.322 e. The third-order valence-corrected chi connectivity index (χ3v) is 6.13. The molecule has 1 atom stereocenters. The number of benzene rings is 3. The van der Waals surface area contributed by atoms with E-state index in [0.717, 1.165) is 16.3 Å². The number of fused-ring (bicyclic) bond motifs is 1. The number of urea groups is 1. The number of nitrogens with zero attached hydrogens (tertiary/aromatic N) is 4. The number of piperazine rings is 1. The lowest BCUT2D eigenvalue weighted by atomic mass is 10.0. The number of nitrogens with one attached hydrogen (secondary N) is 1. The number of hydrogen-bond acceptors (Lipinski definition) is 5. The summed E-state index contributed by atoms with van der Waals surface area (Å²) in [6.07, 6.45) is 0. The molecule has 2 N–H and O–H groups in total. The second-order valence-corrected chi connectivity index (χ2v) is 8.34. The van der Waals surface area contributed by atoms with E-state index in [4.69, 9.17) is 0 Å². The molecule has 5 rings (SSSR count). The van der Waals surface area contributed by atoms with Crippen molar-refractivity contribution in [1.82, 2.24) is 15.1 Å². The summed E-state index contributed by atoms with van der Waals surface area (Å²) in [5.74, 6) is -0.0499. The van der Waals surface area contributed by atoms with E-state index in [1.54, 1.807) is 17.0 Å². The first kappa shape index (κ1) is 22.7. The fourth-order valence-electron chi connectivity index (χ4n) is 4.34. The molecule has 9 heteroatoms. The van der Waals surface area contributed by atoms with E-state index in [-0.39, 0.29) is 24.3 Å². The third kappa shape index (κ3) is 4.63. The highest BCUT2D eigenvalue weighted by molar-refractivity contribution is 6.00. The van der Waals surface area contributed by atoms with Crippen molar-refractivity contribution in [3.8, 4) is 11.3 Å². The SMILES string of the molecule is O=C(Nc1ccc(F)cc1)N1CCN(c2nnc(-c3ccc(F)cc3)c3ccccc23)C[C@H]1CO. The molecule has 178 valence electrons. The van der Waals surface area contributed by atoms with Gasteiger partial charge in [0.1, 0.15) is 17.3 Å². The van der Waals surface area contributed by atoms with Crippen molar-refractivity contribution in [2.75, 3.05) is 36.5 Å². The lowest BCUT2D eigenvalue weighted by Gasteiger charge is -2.41. The Kier molecular flexibility index (Phi) is 6.24. The summed E-state index contributed by atoms with van der Waals surface area (Å²) in [7, 11) is 0. The Balaban J connectivity index is 1.39. The van der Waals surface area contributed by atoms with Crippen molar-refractivity contribution in [1.29, 1.82) is 0 Å². The van der Waals surface area contributed by atoms with E-state index in [2.05, 4.69) is 15.5 Å². The van der Waals surface area contributed by atoms with Crippen molar-refractivity contribution < 1.29 is 18.7 Å². The van der Waals surface area contributed by atoms with Gasteiger partial charge in [0.05, 0.1) is 12.6 Å². The molecule has 2 heterocycles. The van der Waals surface area contributed by atoms with Gasteiger partial charge >= 0.3 is 6.03 Å². The number of aliphatic hydroxyl groups excluding tert-OH is 1. The molecule has 35 heavy (non-hydrogen) atoms. The minimum absolute atomic E-state index is 0.230. The molecule has 4 aromatic rings. The van der Waals surface area contributed by atoms with Gasteiger partial charge in [-0.25, -0.2) is 13.6 Å². The van der Waals surface area contributed by atoms with Crippen LogP contribution in [0.25, 0.3) is 22.0 Å². The third-order valence-electron chi connectivity index (χ3n) is 6.13. The Morgan fingerprint density at radius 2 is 1.57 bits per heavy atom. The highest BCUT2D eigenvalue weighted by atomic mass is 19.1. The smallest absolute Gasteiger partial charge is 0.322 e. The number of hydrogen-bond donors (Lipinski definition) is 2. The second-order valence-electron chi connectivity index (χ2n) is 8.34. The molecule has 1 saturated heterocycles. The highest BCUT2D eigenvalue weighted by Gasteiger charge is 2.31. The molecule has 0 radical (unpaired) electrons. The van der Waals surface area contributed by atoms with E-state index in [9.17, 15) is 18.7 Å². The normalized spacial score (nSPS) is 15.9. The standard InChI is InChI=1S/C26H23F2N5O2/c27-18-7-5-17(6-8-18)24-22-3-1-2-4-23(22)25(31-30-24)32-13-14-33(21(15-32)16-34)26(35)29-20-11-9-19(28)10-12-20/h1-12,21,34H,13-16H2,(H,29,35)/t21-/m0/s1. The Bertz CT molecular complexity index is 1350. The zero-order valence-electron chi connectivity index (χ0n) is 18.7. The summed E-state index contributed by atoms with van der Waals surface area (Å²) in [6, 6.07) is 18.5. The first-order valence-corrected chi connectivity index (χ1v) is 11.2. The maximum atomic E-state index is 13.4. The number of anilines is 2. The summed E-state index contributed by atoms with van der Waals surface area (Å²) in [5, 5.41) is 23.5. The quantitative estimate of drug-likeness (QED) is 0.460. The van der Waals surface area contributed by atoms with Gasteiger partial charge < -0.3 is 20.2 Å². The van der Waals surface area contributed by atoms with Crippen LogP contribution in [0.5, 0.6) is 0 Å². The Labute approximate surface area is 200 Å². The molecule has 1 aliphatic rings. The molecule has 0 unspecified atom stereocenters. The summed E-state index contributed by atoms with van der Waals surface area (Å²) in [4.78, 5) is 16.4. The van der Waals surface area contributed by atoms with Crippen molar-refractivity contribution >= 4 is 28.3 Å². The van der Waals surface area contributed by atoms with Crippen LogP contribution < -0.4 is 10.2 Å². The van der Waals surface area contributed by atoms with Crippen LogP contribution in [0.1, 0.15) is 0 Å². The Morgan fingerprint density at radius 3 is 2.26 bits per heavy atom. The minimum Gasteiger partial charge on any atom is -0.394 e. The molecule has 0 saturated carbocycles. The van der Waals surface area contributed by atoms with Crippen LogP contribution in [0.3, 0.4) is 0 Å². The molecule has 2 amide bonds. The lowest BCUT2D eigenvalue weighted by Crippen LogP contribution is -2.58. The molecule has 1 fully saturated rings. The maximum absolute atomic E-state index is 13.4. The van der Waals surface area contributed by atoms with Gasteiger partial charge in [0.25, 0.3) is 0 Å². The van der Waals surface area contributed by atoms with Crippen LogP contribution in [-0.2, 0) is 0 Å². The van der Waals surface area contributed by atoms with Crippen molar-refractivity contribution in [2.45, 2.75) is 6.04 Å². The first-order chi connectivity index (χ1) is 17.0. The number of halogens is 2. The highest BCUT2D eigenvalue weighted by Crippen LogP contribution is 2.32. The van der Waals surface area contributed by atoms with E-state index in [1.807, 2.05) is 29.2 Å². The number of aromatic nitrogens is 2. The van der Waals surface area contributed by atoms with Gasteiger partial charge in [0, 0.05) is 41.7 Å². The number of rotatable bonds is 4. The predicted molar refractivity (Wildman–Crippen MR) is 130 cm³/mol. The van der Waals surface area contributed by atoms with E-state index < -0.39 is 6.04 Å². The van der Waals surface area contributed by atoms with Crippen molar-refractivity contribution in [3.63, 3.8) is 0 Å².